The molecule has 99 valence electrons. The van der Waals surface area contributed by atoms with Crippen LogP contribution in [0, 0.1) is 6.07 Å². The summed E-state index contributed by atoms with van der Waals surface area (Å²) in [7, 11) is 0. The molecule has 0 aliphatic rings. The maximum atomic E-state index is 10.9. The molecule has 18 heavy (non-hydrogen) atoms. The lowest BCUT2D eigenvalue weighted by molar-refractivity contribution is -0.150. The van der Waals surface area contributed by atoms with E-state index in [9.17, 15) is 4.79 Å². The van der Waals surface area contributed by atoms with Gasteiger partial charge in [-0.3, -0.25) is 0 Å². The van der Waals surface area contributed by atoms with Crippen molar-refractivity contribution in [3.63, 3.8) is 0 Å². The van der Waals surface area contributed by atoms with Gasteiger partial charge in [0.2, 0.25) is 0 Å². The van der Waals surface area contributed by atoms with E-state index in [1.807, 2.05) is 19.1 Å². The summed E-state index contributed by atoms with van der Waals surface area (Å²) in [4.78, 5) is 10.9. The average molecular weight is 251 g/mol. The van der Waals surface area contributed by atoms with Gasteiger partial charge in [0, 0.05) is 6.61 Å². The first-order valence-electron chi connectivity index (χ1n) is 6.17. The molecule has 0 fully saturated rings. The molecule has 1 radical (unpaired) electrons. The fourth-order valence-corrected chi connectivity index (χ4v) is 1.46. The van der Waals surface area contributed by atoms with Crippen LogP contribution < -0.4 is 4.74 Å². The lowest BCUT2D eigenvalue weighted by atomic mass is 10.2. The molecule has 4 nitrogen and oxygen atoms in total. The number of carboxylic acid groups (broad SMARTS) is 1. The predicted molar refractivity (Wildman–Crippen MR) is 67.7 cm³/mol. The SMILES string of the molecule is CCCOC(CCCOc1cc[c]cc1)C(=O)O. The van der Waals surface area contributed by atoms with E-state index in [0.29, 0.717) is 26.1 Å². The van der Waals surface area contributed by atoms with Gasteiger partial charge >= 0.3 is 5.97 Å². The molecule has 0 aliphatic heterocycles. The van der Waals surface area contributed by atoms with Gasteiger partial charge in [-0.25, -0.2) is 4.79 Å². The van der Waals surface area contributed by atoms with Crippen LogP contribution in [-0.2, 0) is 9.53 Å². The number of benzene rings is 1. The van der Waals surface area contributed by atoms with Crippen LogP contribution >= 0.6 is 0 Å². The lowest BCUT2D eigenvalue weighted by Gasteiger charge is -2.13. The van der Waals surface area contributed by atoms with E-state index in [1.54, 1.807) is 12.1 Å². The molecule has 0 spiro atoms. The Morgan fingerprint density at radius 1 is 1.39 bits per heavy atom. The second-order valence-corrected chi connectivity index (χ2v) is 3.92. The normalized spacial score (nSPS) is 12.1. The van der Waals surface area contributed by atoms with Crippen molar-refractivity contribution in [2.45, 2.75) is 32.3 Å². The molecular weight excluding hydrogens is 232 g/mol. The van der Waals surface area contributed by atoms with Gasteiger partial charge in [-0.2, -0.15) is 0 Å². The van der Waals surface area contributed by atoms with Crippen LogP contribution in [0.4, 0.5) is 0 Å². The van der Waals surface area contributed by atoms with Crippen LogP contribution in [0.1, 0.15) is 26.2 Å². The molecule has 4 heteroatoms. The topological polar surface area (TPSA) is 55.8 Å². The minimum Gasteiger partial charge on any atom is -0.494 e. The number of hydrogen-bond acceptors (Lipinski definition) is 3. The van der Waals surface area contributed by atoms with E-state index < -0.39 is 12.1 Å². The maximum Gasteiger partial charge on any atom is 0.332 e. The molecule has 0 amide bonds. The fraction of sp³-hybridized carbons (Fsp3) is 0.500. The van der Waals surface area contributed by atoms with E-state index in [-0.39, 0.29) is 0 Å². The summed E-state index contributed by atoms with van der Waals surface area (Å²) < 4.78 is 10.7. The predicted octanol–water partition coefficient (Wildman–Crippen LogP) is 2.53. The molecule has 0 heterocycles. The van der Waals surface area contributed by atoms with Gasteiger partial charge in [0.05, 0.1) is 6.61 Å². The highest BCUT2D eigenvalue weighted by Gasteiger charge is 2.16. The highest BCUT2D eigenvalue weighted by molar-refractivity contribution is 5.72. The molecule has 0 bridgehead atoms. The van der Waals surface area contributed by atoms with Gasteiger partial charge in [0.15, 0.2) is 6.10 Å². The first-order valence-corrected chi connectivity index (χ1v) is 6.17. The van der Waals surface area contributed by atoms with E-state index in [4.69, 9.17) is 14.6 Å². The van der Waals surface area contributed by atoms with E-state index in [1.165, 1.54) is 0 Å². The summed E-state index contributed by atoms with van der Waals surface area (Å²) in [5.41, 5.74) is 0. The van der Waals surface area contributed by atoms with Crippen molar-refractivity contribution in [3.05, 3.63) is 30.3 Å². The third-order valence-electron chi connectivity index (χ3n) is 2.37. The molecule has 0 aromatic heterocycles. The third kappa shape index (κ3) is 5.68. The Kier molecular flexibility index (Phi) is 6.87. The first kappa shape index (κ1) is 14.5. The number of ether oxygens (including phenoxy) is 2. The van der Waals surface area contributed by atoms with E-state index >= 15 is 0 Å². The zero-order valence-electron chi connectivity index (χ0n) is 10.6. The molecule has 1 aromatic rings. The number of hydrogen-bond donors (Lipinski definition) is 1. The molecule has 1 N–H and O–H groups in total. The van der Waals surface area contributed by atoms with Crippen molar-refractivity contribution < 1.29 is 19.4 Å². The lowest BCUT2D eigenvalue weighted by Crippen LogP contribution is -2.24. The Balaban J connectivity index is 2.20. The number of aliphatic carboxylic acids is 1. The Bertz CT molecular complexity index is 337. The van der Waals surface area contributed by atoms with Crippen molar-refractivity contribution in [2.24, 2.45) is 0 Å². The standard InChI is InChI=1S/C14H19O4/c1-2-10-18-13(14(15)16)9-6-11-17-12-7-4-3-5-8-12/h4-5,7-8,13H,2,6,9-11H2,1H3,(H,15,16). The second-order valence-electron chi connectivity index (χ2n) is 3.92. The van der Waals surface area contributed by atoms with Crippen LogP contribution in [0.2, 0.25) is 0 Å². The van der Waals surface area contributed by atoms with E-state index in [2.05, 4.69) is 6.07 Å². The molecule has 0 saturated carbocycles. The Morgan fingerprint density at radius 3 is 2.72 bits per heavy atom. The molecule has 1 aromatic carbocycles. The van der Waals surface area contributed by atoms with Gasteiger partial charge < -0.3 is 14.6 Å². The molecule has 1 unspecified atom stereocenters. The van der Waals surface area contributed by atoms with Crippen molar-refractivity contribution in [1.82, 2.24) is 0 Å². The quantitative estimate of drug-likeness (QED) is 0.685. The van der Waals surface area contributed by atoms with Crippen molar-refractivity contribution in [2.75, 3.05) is 13.2 Å². The molecular formula is C14H19O4. The van der Waals surface area contributed by atoms with Crippen molar-refractivity contribution >= 4 is 5.97 Å². The average Bonchev–Trinajstić information content (AvgIpc) is 2.38. The summed E-state index contributed by atoms with van der Waals surface area (Å²) in [6.07, 6.45) is 1.21. The monoisotopic (exact) mass is 251 g/mol. The molecule has 1 rings (SSSR count). The smallest absolute Gasteiger partial charge is 0.332 e. The van der Waals surface area contributed by atoms with Crippen LogP contribution in [0.3, 0.4) is 0 Å². The van der Waals surface area contributed by atoms with Gasteiger partial charge in [-0.05, 0) is 37.5 Å². The highest BCUT2D eigenvalue weighted by Crippen LogP contribution is 2.10. The maximum absolute atomic E-state index is 10.9. The summed E-state index contributed by atoms with van der Waals surface area (Å²) in [5, 5.41) is 8.95. The van der Waals surface area contributed by atoms with Gasteiger partial charge in [0.25, 0.3) is 0 Å². The first-order chi connectivity index (χ1) is 8.74. The van der Waals surface area contributed by atoms with Crippen LogP contribution in [0.15, 0.2) is 24.3 Å². The van der Waals surface area contributed by atoms with Gasteiger partial charge in [0.1, 0.15) is 5.75 Å². The minimum atomic E-state index is -0.905. The zero-order valence-corrected chi connectivity index (χ0v) is 10.6. The van der Waals surface area contributed by atoms with Gasteiger partial charge in [-0.1, -0.05) is 19.1 Å². The molecule has 0 saturated heterocycles. The van der Waals surface area contributed by atoms with Crippen LogP contribution in [0.5, 0.6) is 5.75 Å². The zero-order chi connectivity index (χ0) is 13.2. The second kappa shape index (κ2) is 8.53. The third-order valence-corrected chi connectivity index (χ3v) is 2.37. The number of carboxylic acids is 1. The van der Waals surface area contributed by atoms with Crippen molar-refractivity contribution in [1.29, 1.82) is 0 Å². The fourth-order valence-electron chi connectivity index (χ4n) is 1.46. The highest BCUT2D eigenvalue weighted by atomic mass is 16.5. The van der Waals surface area contributed by atoms with E-state index in [0.717, 1.165) is 12.2 Å². The largest absolute Gasteiger partial charge is 0.494 e. The van der Waals surface area contributed by atoms with Crippen molar-refractivity contribution in [3.8, 4) is 5.75 Å². The summed E-state index contributed by atoms with van der Waals surface area (Å²) in [6.45, 7) is 2.92. The van der Waals surface area contributed by atoms with Crippen LogP contribution in [0.25, 0.3) is 0 Å². The van der Waals surface area contributed by atoms with Gasteiger partial charge in [-0.15, -0.1) is 0 Å². The Labute approximate surface area is 108 Å². The summed E-state index contributed by atoms with van der Waals surface area (Å²) in [5.74, 6) is -0.132. The number of carbonyl (C=O) groups is 1. The minimum absolute atomic E-state index is 0.467. The number of rotatable bonds is 9. The Hall–Kier alpha value is -1.55. The Morgan fingerprint density at radius 2 is 2.11 bits per heavy atom. The summed E-state index contributed by atoms with van der Waals surface area (Å²) >= 11 is 0. The summed E-state index contributed by atoms with van der Waals surface area (Å²) in [6, 6.07) is 10.1. The van der Waals surface area contributed by atoms with Crippen LogP contribution in [-0.4, -0.2) is 30.4 Å². The molecule has 1 atom stereocenters. The molecule has 0 aliphatic carbocycles.